The Morgan fingerprint density at radius 2 is 1.64 bits per heavy atom. The van der Waals surface area contributed by atoms with Gasteiger partial charge in [0.15, 0.2) is 5.82 Å². The fourth-order valence-corrected chi connectivity index (χ4v) is 7.71. The number of piperazine rings is 1. The molecule has 1 aromatic heterocycles. The van der Waals surface area contributed by atoms with Gasteiger partial charge in [-0.05, 0) is 97.0 Å². The molecule has 0 spiro atoms. The monoisotopic (exact) mass is 762 g/mol. The van der Waals surface area contributed by atoms with Crippen LogP contribution in [0, 0.1) is 11.6 Å². The van der Waals surface area contributed by atoms with Gasteiger partial charge in [-0.15, -0.1) is 0 Å². The molecule has 0 saturated carbocycles. The van der Waals surface area contributed by atoms with E-state index in [9.17, 15) is 23.2 Å². The number of benzene rings is 4. The van der Waals surface area contributed by atoms with Crippen molar-refractivity contribution in [2.45, 2.75) is 50.7 Å². The Bertz CT molecular complexity index is 2230. The first-order valence-electron chi connectivity index (χ1n) is 19.1. The summed E-state index contributed by atoms with van der Waals surface area (Å²) >= 11 is 0. The van der Waals surface area contributed by atoms with Crippen LogP contribution in [0.5, 0.6) is 0 Å². The van der Waals surface area contributed by atoms with E-state index < -0.39 is 17.7 Å². The Labute approximate surface area is 323 Å². The number of aromatic nitrogens is 2. The number of ether oxygens (including phenoxy) is 1. The van der Waals surface area contributed by atoms with E-state index >= 15 is 0 Å². The number of hydrogen-bond acceptors (Lipinski definition) is 9. The molecular weight excluding hydrogens is 719 g/mol. The summed E-state index contributed by atoms with van der Waals surface area (Å²) in [6.45, 7) is 5.37. The average Bonchev–Trinajstić information content (AvgIpc) is 3.58. The van der Waals surface area contributed by atoms with Gasteiger partial charge in [-0.25, -0.2) is 8.78 Å². The van der Waals surface area contributed by atoms with E-state index in [4.69, 9.17) is 4.74 Å². The Morgan fingerprint density at radius 1 is 0.839 bits per heavy atom. The van der Waals surface area contributed by atoms with E-state index in [-0.39, 0.29) is 23.8 Å². The number of H-pyrrole nitrogens is 1. The first kappa shape index (κ1) is 37.1. The molecule has 3 aliphatic heterocycles. The number of imide groups is 1. The lowest BCUT2D eigenvalue weighted by atomic mass is 10.0. The van der Waals surface area contributed by atoms with Crippen molar-refractivity contribution in [1.82, 2.24) is 20.4 Å². The van der Waals surface area contributed by atoms with Crippen molar-refractivity contribution in [2.24, 2.45) is 0 Å². The summed E-state index contributed by atoms with van der Waals surface area (Å²) in [6.07, 6.45) is 2.77. The van der Waals surface area contributed by atoms with Crippen LogP contribution in [0.4, 0.5) is 31.7 Å². The predicted octanol–water partition coefficient (Wildman–Crippen LogP) is 5.81. The highest BCUT2D eigenvalue weighted by molar-refractivity contribution is 6.11. The number of piperidine rings is 1. The molecule has 3 saturated heterocycles. The highest BCUT2D eigenvalue weighted by atomic mass is 19.1. The van der Waals surface area contributed by atoms with Crippen LogP contribution >= 0.6 is 0 Å². The molecule has 4 aromatic carbocycles. The van der Waals surface area contributed by atoms with E-state index in [1.54, 1.807) is 0 Å². The first-order valence-corrected chi connectivity index (χ1v) is 19.1. The van der Waals surface area contributed by atoms with Crippen molar-refractivity contribution in [3.05, 3.63) is 113 Å². The molecule has 4 heterocycles. The molecule has 290 valence electrons. The minimum absolute atomic E-state index is 0.157. The quantitative estimate of drug-likeness (QED) is 0.105. The van der Waals surface area contributed by atoms with E-state index in [1.807, 2.05) is 42.5 Å². The van der Waals surface area contributed by atoms with Crippen molar-refractivity contribution in [1.29, 1.82) is 0 Å². The summed E-state index contributed by atoms with van der Waals surface area (Å²) in [7, 11) is 0. The molecule has 0 aliphatic carbocycles. The molecule has 5 aromatic rings. The molecule has 14 heteroatoms. The van der Waals surface area contributed by atoms with Crippen LogP contribution in [0.15, 0.2) is 78.9 Å². The van der Waals surface area contributed by atoms with Crippen LogP contribution in [-0.2, 0) is 27.3 Å². The van der Waals surface area contributed by atoms with Crippen LogP contribution in [0.1, 0.15) is 52.7 Å². The molecule has 8 rings (SSSR count). The van der Waals surface area contributed by atoms with E-state index in [2.05, 4.69) is 59.5 Å². The van der Waals surface area contributed by atoms with Gasteiger partial charge in [-0.1, -0.05) is 18.2 Å². The SMILES string of the molecule is O=C1CCC(Nc2cccc(CN3CCN(c4ccc(C(=O)Nc5n[nH]c6ccc(Cc7cc(F)cc(F)c7)cc56)c(NC5CCOCC5)c4)CC3)c2)C(=O)N1. The fourth-order valence-electron chi connectivity index (χ4n) is 7.71. The summed E-state index contributed by atoms with van der Waals surface area (Å²) < 4.78 is 33.3. The number of halogens is 2. The average molecular weight is 763 g/mol. The number of hydrogen-bond donors (Lipinski definition) is 5. The number of aromatic amines is 1. The Hall–Kier alpha value is -5.86. The zero-order valence-electron chi connectivity index (χ0n) is 30.9. The van der Waals surface area contributed by atoms with Crippen molar-refractivity contribution >= 4 is 51.5 Å². The summed E-state index contributed by atoms with van der Waals surface area (Å²) in [5, 5.41) is 20.4. The molecule has 0 radical (unpaired) electrons. The third-order valence-electron chi connectivity index (χ3n) is 10.7. The maximum atomic E-state index is 14.0. The number of carbonyl (C=O) groups excluding carboxylic acids is 3. The molecule has 3 aliphatic rings. The fraction of sp³-hybridized carbons (Fsp3) is 0.333. The van der Waals surface area contributed by atoms with Gasteiger partial charge in [0.05, 0.1) is 11.1 Å². The van der Waals surface area contributed by atoms with Gasteiger partial charge in [0.25, 0.3) is 5.91 Å². The lowest BCUT2D eigenvalue weighted by Crippen LogP contribution is -2.47. The first-order chi connectivity index (χ1) is 27.2. The number of anilines is 4. The van der Waals surface area contributed by atoms with Gasteiger partial charge >= 0.3 is 0 Å². The molecule has 0 bridgehead atoms. The summed E-state index contributed by atoms with van der Waals surface area (Å²) in [5.74, 6) is -1.72. The lowest BCUT2D eigenvalue weighted by Gasteiger charge is -2.36. The highest BCUT2D eigenvalue weighted by Gasteiger charge is 2.27. The minimum atomic E-state index is -0.628. The summed E-state index contributed by atoms with van der Waals surface area (Å²) in [5.41, 5.74) is 6.30. The summed E-state index contributed by atoms with van der Waals surface area (Å²) in [4.78, 5) is 42.5. The van der Waals surface area contributed by atoms with Crippen LogP contribution < -0.4 is 26.2 Å². The van der Waals surface area contributed by atoms with Crippen molar-refractivity contribution in [3.63, 3.8) is 0 Å². The molecule has 3 fully saturated rings. The number of rotatable bonds is 11. The number of fused-ring (bicyclic) bond motifs is 1. The van der Waals surface area contributed by atoms with E-state index in [0.717, 1.165) is 85.3 Å². The Balaban J connectivity index is 0.941. The lowest BCUT2D eigenvalue weighted by molar-refractivity contribution is -0.133. The van der Waals surface area contributed by atoms with Crippen molar-refractivity contribution < 1.29 is 27.9 Å². The number of amides is 3. The molecule has 12 nitrogen and oxygen atoms in total. The smallest absolute Gasteiger partial charge is 0.258 e. The third-order valence-corrected chi connectivity index (χ3v) is 10.7. The highest BCUT2D eigenvalue weighted by Crippen LogP contribution is 2.30. The molecular formula is C42H44F2N8O4. The third kappa shape index (κ3) is 8.82. The van der Waals surface area contributed by atoms with Gasteiger partial charge in [0.2, 0.25) is 11.8 Å². The molecule has 56 heavy (non-hydrogen) atoms. The number of carbonyl (C=O) groups is 3. The molecule has 1 unspecified atom stereocenters. The van der Waals surface area contributed by atoms with Crippen molar-refractivity contribution in [3.8, 4) is 0 Å². The maximum Gasteiger partial charge on any atom is 0.258 e. The second-order valence-corrected chi connectivity index (χ2v) is 14.7. The molecule has 1 atom stereocenters. The topological polar surface area (TPSA) is 144 Å². The second kappa shape index (κ2) is 16.5. The van der Waals surface area contributed by atoms with Crippen LogP contribution in [0.3, 0.4) is 0 Å². The van der Waals surface area contributed by atoms with E-state index in [1.165, 1.54) is 12.1 Å². The van der Waals surface area contributed by atoms with Crippen molar-refractivity contribution in [2.75, 3.05) is 60.2 Å². The summed E-state index contributed by atoms with van der Waals surface area (Å²) in [6, 6.07) is 22.8. The normalized spacial score (nSPS) is 18.2. The van der Waals surface area contributed by atoms with Gasteiger partial charge in [-0.2, -0.15) is 5.10 Å². The van der Waals surface area contributed by atoms with Gasteiger partial charge in [0.1, 0.15) is 17.7 Å². The minimum Gasteiger partial charge on any atom is -0.381 e. The standard InChI is InChI=1S/C42H44F2N8O4/c43-29-19-28(20-30(44)23-29)18-26-4-7-36-35(22-26)40(50-49-36)48-41(54)34-6-5-33(24-38(34)45-31-10-16-56-17-11-31)52-14-12-51(13-15-52)25-27-2-1-3-32(21-27)46-37-8-9-39(53)47-42(37)55/h1-7,19-24,31,37,45-46H,8-18,25H2,(H,47,53,55)(H2,48,49,50,54). The zero-order valence-corrected chi connectivity index (χ0v) is 30.9. The molecule has 5 N–H and O–H groups in total. The second-order valence-electron chi connectivity index (χ2n) is 14.7. The Kier molecular flexibility index (Phi) is 10.9. The molecule has 3 amide bonds. The zero-order chi connectivity index (χ0) is 38.6. The van der Waals surface area contributed by atoms with Crippen LogP contribution in [-0.4, -0.2) is 84.3 Å². The van der Waals surface area contributed by atoms with Crippen LogP contribution in [0.25, 0.3) is 10.9 Å². The van der Waals surface area contributed by atoms with Gasteiger partial charge in [0, 0.05) is 86.9 Å². The largest absolute Gasteiger partial charge is 0.381 e. The Morgan fingerprint density at radius 3 is 2.43 bits per heavy atom. The van der Waals surface area contributed by atoms with Gasteiger partial charge < -0.3 is 25.6 Å². The predicted molar refractivity (Wildman–Crippen MR) is 211 cm³/mol. The van der Waals surface area contributed by atoms with Crippen LogP contribution in [0.2, 0.25) is 0 Å². The van der Waals surface area contributed by atoms with E-state index in [0.29, 0.717) is 54.8 Å². The van der Waals surface area contributed by atoms with Gasteiger partial charge in [-0.3, -0.25) is 29.7 Å². The maximum absolute atomic E-state index is 14.0. The number of nitrogens with one attached hydrogen (secondary N) is 5. The number of nitrogens with zero attached hydrogens (tertiary/aromatic N) is 3.